The van der Waals surface area contributed by atoms with Gasteiger partial charge in [-0.1, -0.05) is 18.2 Å². The Labute approximate surface area is 182 Å². The van der Waals surface area contributed by atoms with Crippen LogP contribution in [0.1, 0.15) is 23.5 Å². The fraction of sp³-hybridized carbons (Fsp3) is 0.391. The first-order valence-corrected chi connectivity index (χ1v) is 10.7. The van der Waals surface area contributed by atoms with Gasteiger partial charge in [0.1, 0.15) is 5.01 Å². The third-order valence-corrected chi connectivity index (χ3v) is 6.48. The second-order valence-corrected chi connectivity index (χ2v) is 8.44. The van der Waals surface area contributed by atoms with Crippen molar-refractivity contribution in [2.75, 3.05) is 41.4 Å². The maximum absolute atomic E-state index is 12.8. The fourth-order valence-electron chi connectivity index (χ4n) is 3.23. The van der Waals surface area contributed by atoms with E-state index in [0.29, 0.717) is 6.54 Å². The van der Waals surface area contributed by atoms with Crippen LogP contribution < -0.4 is 9.47 Å². The molecule has 0 spiro atoms. The van der Waals surface area contributed by atoms with Gasteiger partial charge in [-0.2, -0.15) is 0 Å². The molecule has 1 amide bonds. The molecule has 0 bridgehead atoms. The summed E-state index contributed by atoms with van der Waals surface area (Å²) in [5, 5.41) is 0.958. The van der Waals surface area contributed by atoms with Crippen LogP contribution in [0.5, 0.6) is 11.5 Å². The van der Waals surface area contributed by atoms with Crippen LogP contribution in [0.2, 0.25) is 0 Å². The Hall–Kier alpha value is -2.64. The molecule has 2 aromatic carbocycles. The summed E-state index contributed by atoms with van der Waals surface area (Å²) < 4.78 is 11.8. The quantitative estimate of drug-likeness (QED) is 0.517. The molecule has 0 radical (unpaired) electrons. The van der Waals surface area contributed by atoms with Crippen molar-refractivity contribution in [2.24, 2.45) is 0 Å². The monoisotopic (exact) mass is 427 g/mol. The fourth-order valence-corrected chi connectivity index (χ4v) is 4.29. The predicted molar refractivity (Wildman–Crippen MR) is 122 cm³/mol. The van der Waals surface area contributed by atoms with E-state index in [0.717, 1.165) is 45.3 Å². The predicted octanol–water partition coefficient (Wildman–Crippen LogP) is 4.01. The van der Waals surface area contributed by atoms with Gasteiger partial charge in [0, 0.05) is 13.6 Å². The van der Waals surface area contributed by atoms with Crippen LogP contribution in [-0.4, -0.2) is 62.1 Å². The molecule has 0 unspecified atom stereocenters. The van der Waals surface area contributed by atoms with Crippen LogP contribution in [0, 0.1) is 0 Å². The van der Waals surface area contributed by atoms with E-state index in [2.05, 4.69) is 6.07 Å². The van der Waals surface area contributed by atoms with Crippen LogP contribution in [-0.2, 0) is 11.2 Å². The maximum atomic E-state index is 12.8. The molecule has 30 heavy (non-hydrogen) atoms. The Balaban J connectivity index is 1.55. The molecule has 0 fully saturated rings. The molecule has 1 atom stereocenters. The third kappa shape index (κ3) is 5.09. The van der Waals surface area contributed by atoms with E-state index in [1.165, 1.54) is 0 Å². The lowest BCUT2D eigenvalue weighted by Gasteiger charge is -2.26. The normalized spacial score (nSPS) is 12.2. The largest absolute Gasteiger partial charge is 0.493 e. The van der Waals surface area contributed by atoms with E-state index < -0.39 is 0 Å². The van der Waals surface area contributed by atoms with Gasteiger partial charge in [-0.15, -0.1) is 11.3 Å². The smallest absolute Gasteiger partial charge is 0.237 e. The number of amides is 1. The lowest BCUT2D eigenvalue weighted by atomic mass is 10.1. The average molecular weight is 428 g/mol. The number of aromatic nitrogens is 1. The van der Waals surface area contributed by atoms with Crippen LogP contribution in [0.25, 0.3) is 10.2 Å². The summed E-state index contributed by atoms with van der Waals surface area (Å²) in [6, 6.07) is 13.9. The van der Waals surface area contributed by atoms with E-state index in [9.17, 15) is 4.79 Å². The first-order chi connectivity index (χ1) is 14.4. The number of fused-ring (bicyclic) bond motifs is 1. The van der Waals surface area contributed by atoms with E-state index in [4.69, 9.17) is 14.5 Å². The van der Waals surface area contributed by atoms with Gasteiger partial charge >= 0.3 is 0 Å². The highest BCUT2D eigenvalue weighted by Crippen LogP contribution is 2.29. The van der Waals surface area contributed by atoms with E-state index in [-0.39, 0.29) is 11.9 Å². The van der Waals surface area contributed by atoms with Crippen molar-refractivity contribution in [3.8, 4) is 11.5 Å². The minimum atomic E-state index is -0.0610. The van der Waals surface area contributed by atoms with Crippen LogP contribution >= 0.6 is 11.3 Å². The number of likely N-dealkylation sites (N-methyl/N-ethyl adjacent to an activating group) is 2. The van der Waals surface area contributed by atoms with E-state index in [1.807, 2.05) is 62.3 Å². The number of methoxy groups -OCH3 is 2. The number of hydrogen-bond acceptors (Lipinski definition) is 6. The molecular weight excluding hydrogens is 398 g/mol. The Kier molecular flexibility index (Phi) is 7.29. The first kappa shape index (κ1) is 22.1. The molecular formula is C23H29N3O3S. The Morgan fingerprint density at radius 2 is 1.83 bits per heavy atom. The van der Waals surface area contributed by atoms with Crippen molar-refractivity contribution in [3.05, 3.63) is 53.0 Å². The van der Waals surface area contributed by atoms with Gasteiger partial charge in [-0.05, 0) is 50.2 Å². The van der Waals surface area contributed by atoms with Crippen molar-refractivity contribution < 1.29 is 14.3 Å². The topological polar surface area (TPSA) is 54.9 Å². The Morgan fingerprint density at radius 1 is 1.10 bits per heavy atom. The number of hydrogen-bond donors (Lipinski definition) is 0. The minimum Gasteiger partial charge on any atom is -0.493 e. The maximum Gasteiger partial charge on any atom is 0.237 e. The van der Waals surface area contributed by atoms with Crippen LogP contribution in [0.15, 0.2) is 42.5 Å². The van der Waals surface area contributed by atoms with Crippen molar-refractivity contribution in [1.29, 1.82) is 0 Å². The zero-order chi connectivity index (χ0) is 21.7. The molecule has 3 aromatic rings. The molecule has 0 saturated heterocycles. The summed E-state index contributed by atoms with van der Waals surface area (Å²) in [5.41, 5.74) is 2.13. The number of benzene rings is 2. The molecule has 1 aromatic heterocycles. The summed E-state index contributed by atoms with van der Waals surface area (Å²) in [7, 11) is 7.08. The molecule has 0 aliphatic rings. The number of rotatable bonds is 9. The van der Waals surface area contributed by atoms with Crippen LogP contribution in [0.3, 0.4) is 0 Å². The zero-order valence-corrected chi connectivity index (χ0v) is 19.0. The molecule has 3 rings (SSSR count). The Morgan fingerprint density at radius 3 is 2.53 bits per heavy atom. The number of carbonyl (C=O) groups is 1. The molecule has 0 N–H and O–H groups in total. The molecule has 6 nitrogen and oxygen atoms in total. The third-order valence-electron chi connectivity index (χ3n) is 5.28. The van der Waals surface area contributed by atoms with Gasteiger partial charge in [-0.3, -0.25) is 9.69 Å². The number of ether oxygens (including phenoxy) is 2. The van der Waals surface area contributed by atoms with Crippen molar-refractivity contribution >= 4 is 27.5 Å². The van der Waals surface area contributed by atoms with Gasteiger partial charge < -0.3 is 14.4 Å². The number of nitrogens with zero attached hydrogens (tertiary/aromatic N) is 3. The molecule has 0 aliphatic heterocycles. The lowest BCUT2D eigenvalue weighted by molar-refractivity contribution is -0.132. The van der Waals surface area contributed by atoms with Gasteiger partial charge in [0.15, 0.2) is 11.5 Å². The summed E-state index contributed by atoms with van der Waals surface area (Å²) in [6.45, 7) is 3.16. The molecule has 0 saturated carbocycles. The van der Waals surface area contributed by atoms with Crippen molar-refractivity contribution in [1.82, 2.24) is 14.8 Å². The van der Waals surface area contributed by atoms with Gasteiger partial charge in [-0.25, -0.2) is 4.98 Å². The standard InChI is InChI=1S/C23H29N3O3S/c1-16(23-24-18-8-6-7-9-21(18)30-23)26(3)22(27)15-25(2)13-12-17-10-11-19(28-4)20(14-17)29-5/h6-11,14,16H,12-13,15H2,1-5H3/t16-/m0/s1. The van der Waals surface area contributed by atoms with E-state index >= 15 is 0 Å². The lowest BCUT2D eigenvalue weighted by Crippen LogP contribution is -2.38. The summed E-state index contributed by atoms with van der Waals surface area (Å²) in [4.78, 5) is 21.3. The summed E-state index contributed by atoms with van der Waals surface area (Å²) >= 11 is 1.64. The highest BCUT2D eigenvalue weighted by molar-refractivity contribution is 7.18. The molecule has 7 heteroatoms. The summed E-state index contributed by atoms with van der Waals surface area (Å²) in [6.07, 6.45) is 0.821. The van der Waals surface area contributed by atoms with Gasteiger partial charge in [0.2, 0.25) is 5.91 Å². The van der Waals surface area contributed by atoms with Gasteiger partial charge in [0.05, 0.1) is 37.0 Å². The second kappa shape index (κ2) is 9.91. The van der Waals surface area contributed by atoms with Crippen molar-refractivity contribution in [2.45, 2.75) is 19.4 Å². The SMILES string of the molecule is COc1ccc(CCN(C)CC(=O)N(C)[C@@H](C)c2nc3ccccc3s2)cc1OC. The van der Waals surface area contributed by atoms with Gasteiger partial charge in [0.25, 0.3) is 0 Å². The number of carbonyl (C=O) groups excluding carboxylic acids is 1. The molecule has 0 aliphatic carbocycles. The van der Waals surface area contributed by atoms with E-state index in [1.54, 1.807) is 30.5 Å². The van der Waals surface area contributed by atoms with Crippen LogP contribution in [0.4, 0.5) is 0 Å². The number of thiazole rings is 1. The van der Waals surface area contributed by atoms with Crippen molar-refractivity contribution in [3.63, 3.8) is 0 Å². The molecule has 160 valence electrons. The Bertz CT molecular complexity index is 971. The summed E-state index contributed by atoms with van der Waals surface area (Å²) in [5.74, 6) is 1.52. The highest BCUT2D eigenvalue weighted by Gasteiger charge is 2.21. The first-order valence-electron chi connectivity index (χ1n) is 9.93. The second-order valence-electron chi connectivity index (χ2n) is 7.38. The molecule has 1 heterocycles. The zero-order valence-electron chi connectivity index (χ0n) is 18.2. The highest BCUT2D eigenvalue weighted by atomic mass is 32.1. The number of para-hydroxylation sites is 1. The average Bonchev–Trinajstić information content (AvgIpc) is 3.20. The minimum absolute atomic E-state index is 0.0610.